The van der Waals surface area contributed by atoms with Crippen LogP contribution in [0.25, 0.3) is 5.69 Å². The van der Waals surface area contributed by atoms with Gasteiger partial charge in [-0.05, 0) is 31.2 Å². The maximum atomic E-state index is 12.3. The minimum atomic E-state index is -3.62. The molecular formula is C16H15N3O2S. The highest BCUT2D eigenvalue weighted by molar-refractivity contribution is 7.92. The highest BCUT2D eigenvalue weighted by Crippen LogP contribution is 2.16. The molecule has 5 nitrogen and oxygen atoms in total. The van der Waals surface area contributed by atoms with Crippen LogP contribution in [0, 0.1) is 6.92 Å². The molecule has 0 amide bonds. The first-order valence-electron chi connectivity index (χ1n) is 6.75. The molecule has 0 radical (unpaired) electrons. The summed E-state index contributed by atoms with van der Waals surface area (Å²) in [5.41, 5.74) is 1.87. The second kappa shape index (κ2) is 5.65. The predicted octanol–water partition coefficient (Wildman–Crippen LogP) is 2.98. The number of aromatic nitrogens is 2. The first-order valence-corrected chi connectivity index (χ1v) is 8.23. The van der Waals surface area contributed by atoms with Crippen LogP contribution >= 0.6 is 0 Å². The molecule has 1 aromatic heterocycles. The molecule has 3 rings (SSSR count). The van der Waals surface area contributed by atoms with Gasteiger partial charge in [0.15, 0.2) is 5.82 Å². The summed E-state index contributed by atoms with van der Waals surface area (Å²) in [6, 6.07) is 17.8. The largest absolute Gasteiger partial charge is 0.263 e. The molecule has 0 atom stereocenters. The van der Waals surface area contributed by atoms with Gasteiger partial charge in [-0.15, -0.1) is 5.10 Å². The van der Waals surface area contributed by atoms with Crippen molar-refractivity contribution in [2.45, 2.75) is 11.8 Å². The molecule has 0 aliphatic heterocycles. The molecular weight excluding hydrogens is 298 g/mol. The maximum Gasteiger partial charge on any atom is 0.263 e. The van der Waals surface area contributed by atoms with Gasteiger partial charge in [0.25, 0.3) is 10.0 Å². The third kappa shape index (κ3) is 3.01. The van der Waals surface area contributed by atoms with E-state index in [0.717, 1.165) is 11.3 Å². The molecule has 0 saturated heterocycles. The van der Waals surface area contributed by atoms with Crippen LogP contribution in [0.1, 0.15) is 5.56 Å². The lowest BCUT2D eigenvalue weighted by Gasteiger charge is -2.06. The number of rotatable bonds is 4. The van der Waals surface area contributed by atoms with Gasteiger partial charge in [0, 0.05) is 12.3 Å². The van der Waals surface area contributed by atoms with E-state index in [2.05, 4.69) is 9.82 Å². The van der Waals surface area contributed by atoms with Crippen LogP contribution in [0.3, 0.4) is 0 Å². The monoisotopic (exact) mass is 313 g/mol. The minimum absolute atomic E-state index is 0.215. The van der Waals surface area contributed by atoms with Crippen LogP contribution in [0.2, 0.25) is 0 Å². The van der Waals surface area contributed by atoms with E-state index in [9.17, 15) is 8.42 Å². The Morgan fingerprint density at radius 2 is 1.64 bits per heavy atom. The van der Waals surface area contributed by atoms with Gasteiger partial charge in [-0.3, -0.25) is 4.72 Å². The van der Waals surface area contributed by atoms with E-state index in [1.54, 1.807) is 41.2 Å². The molecule has 1 heterocycles. The van der Waals surface area contributed by atoms with E-state index in [-0.39, 0.29) is 10.7 Å². The fourth-order valence-corrected chi connectivity index (χ4v) is 3.01. The molecule has 0 aliphatic carbocycles. The van der Waals surface area contributed by atoms with Gasteiger partial charge >= 0.3 is 0 Å². The summed E-state index contributed by atoms with van der Waals surface area (Å²) in [7, 11) is -3.62. The Bertz CT molecular complexity index is 869. The van der Waals surface area contributed by atoms with Gasteiger partial charge in [0.1, 0.15) is 0 Å². The number of nitrogens with one attached hydrogen (secondary N) is 1. The molecule has 0 fully saturated rings. The average Bonchev–Trinajstić information content (AvgIpc) is 2.96. The number of sulfonamides is 1. The van der Waals surface area contributed by atoms with Crippen molar-refractivity contribution in [1.82, 2.24) is 9.78 Å². The zero-order valence-electron chi connectivity index (χ0n) is 12.0. The van der Waals surface area contributed by atoms with E-state index in [1.807, 2.05) is 37.3 Å². The SMILES string of the molecule is Cc1ccc(S(=O)(=O)Nc2ccn(-c3ccccc3)n2)cc1. The lowest BCUT2D eigenvalue weighted by Crippen LogP contribution is -2.13. The first kappa shape index (κ1) is 14.3. The number of aryl methyl sites for hydroxylation is 1. The summed E-state index contributed by atoms with van der Waals surface area (Å²) in [5, 5.41) is 4.24. The standard InChI is InChI=1S/C16H15N3O2S/c1-13-7-9-15(10-8-13)22(20,21)18-16-11-12-19(17-16)14-5-3-2-4-6-14/h2-12H,1H3,(H,17,18). The smallest absolute Gasteiger partial charge is 0.262 e. The molecule has 0 aliphatic rings. The van der Waals surface area contributed by atoms with Crippen LogP contribution in [0.15, 0.2) is 71.8 Å². The molecule has 0 saturated carbocycles. The van der Waals surface area contributed by atoms with Crippen molar-refractivity contribution in [2.75, 3.05) is 4.72 Å². The summed E-state index contributed by atoms with van der Waals surface area (Å²) in [5.74, 6) is 0.282. The second-order valence-electron chi connectivity index (χ2n) is 4.90. The van der Waals surface area contributed by atoms with E-state index in [0.29, 0.717) is 0 Å². The second-order valence-corrected chi connectivity index (χ2v) is 6.58. The summed E-state index contributed by atoms with van der Waals surface area (Å²) < 4.78 is 28.7. The average molecular weight is 313 g/mol. The highest BCUT2D eigenvalue weighted by Gasteiger charge is 2.15. The Kier molecular flexibility index (Phi) is 3.68. The minimum Gasteiger partial charge on any atom is -0.262 e. The van der Waals surface area contributed by atoms with Crippen molar-refractivity contribution < 1.29 is 8.42 Å². The highest BCUT2D eigenvalue weighted by atomic mass is 32.2. The summed E-state index contributed by atoms with van der Waals surface area (Å²) >= 11 is 0. The van der Waals surface area contributed by atoms with Crippen LogP contribution < -0.4 is 4.72 Å². The fraction of sp³-hybridized carbons (Fsp3) is 0.0625. The van der Waals surface area contributed by atoms with Crippen molar-refractivity contribution in [3.05, 3.63) is 72.4 Å². The number of anilines is 1. The van der Waals surface area contributed by atoms with Crippen LogP contribution in [0.5, 0.6) is 0 Å². The third-order valence-corrected chi connectivity index (χ3v) is 4.55. The zero-order valence-corrected chi connectivity index (χ0v) is 12.8. The lowest BCUT2D eigenvalue weighted by atomic mass is 10.2. The van der Waals surface area contributed by atoms with Gasteiger partial charge in [-0.1, -0.05) is 35.9 Å². The van der Waals surface area contributed by atoms with Gasteiger partial charge in [-0.2, -0.15) is 0 Å². The number of benzene rings is 2. The molecule has 112 valence electrons. The Morgan fingerprint density at radius 3 is 2.32 bits per heavy atom. The van der Waals surface area contributed by atoms with Gasteiger partial charge < -0.3 is 0 Å². The molecule has 22 heavy (non-hydrogen) atoms. The van der Waals surface area contributed by atoms with Crippen LogP contribution in [-0.2, 0) is 10.0 Å². The van der Waals surface area contributed by atoms with Gasteiger partial charge in [0.2, 0.25) is 0 Å². The van der Waals surface area contributed by atoms with Crippen molar-refractivity contribution in [3.63, 3.8) is 0 Å². The lowest BCUT2D eigenvalue weighted by molar-refractivity contribution is 0.601. The fourth-order valence-electron chi connectivity index (χ4n) is 2.02. The van der Waals surface area contributed by atoms with E-state index >= 15 is 0 Å². The third-order valence-electron chi connectivity index (χ3n) is 3.18. The molecule has 3 aromatic rings. The molecule has 0 bridgehead atoms. The van der Waals surface area contributed by atoms with Crippen LogP contribution in [-0.4, -0.2) is 18.2 Å². The summed E-state index contributed by atoms with van der Waals surface area (Å²) in [6.07, 6.45) is 1.71. The summed E-state index contributed by atoms with van der Waals surface area (Å²) in [6.45, 7) is 1.91. The Hall–Kier alpha value is -2.60. The predicted molar refractivity (Wildman–Crippen MR) is 85.6 cm³/mol. The number of para-hydroxylation sites is 1. The molecule has 0 spiro atoms. The van der Waals surface area contributed by atoms with Crippen molar-refractivity contribution in [3.8, 4) is 5.69 Å². The zero-order chi connectivity index (χ0) is 15.6. The maximum absolute atomic E-state index is 12.3. The van der Waals surface area contributed by atoms with E-state index in [4.69, 9.17) is 0 Å². The Balaban J connectivity index is 1.84. The molecule has 1 N–H and O–H groups in total. The van der Waals surface area contributed by atoms with Gasteiger partial charge in [-0.25, -0.2) is 13.1 Å². The molecule has 0 unspecified atom stereocenters. The van der Waals surface area contributed by atoms with E-state index < -0.39 is 10.0 Å². The number of hydrogen-bond donors (Lipinski definition) is 1. The van der Waals surface area contributed by atoms with Gasteiger partial charge in [0.05, 0.1) is 10.6 Å². The number of nitrogens with zero attached hydrogens (tertiary/aromatic N) is 2. The van der Waals surface area contributed by atoms with Crippen LogP contribution in [0.4, 0.5) is 5.82 Å². The van der Waals surface area contributed by atoms with Crippen molar-refractivity contribution in [2.24, 2.45) is 0 Å². The first-order chi connectivity index (χ1) is 10.5. The number of hydrogen-bond acceptors (Lipinski definition) is 3. The molecule has 2 aromatic carbocycles. The van der Waals surface area contributed by atoms with E-state index in [1.165, 1.54) is 0 Å². The normalized spacial score (nSPS) is 11.3. The Labute approximate surface area is 129 Å². The summed E-state index contributed by atoms with van der Waals surface area (Å²) in [4.78, 5) is 0.215. The quantitative estimate of drug-likeness (QED) is 0.805. The van der Waals surface area contributed by atoms with Crippen molar-refractivity contribution in [1.29, 1.82) is 0 Å². The molecule has 6 heteroatoms. The topological polar surface area (TPSA) is 64.0 Å². The van der Waals surface area contributed by atoms with Crippen molar-refractivity contribution >= 4 is 15.8 Å². The Morgan fingerprint density at radius 1 is 0.955 bits per heavy atom.